The zero-order valence-corrected chi connectivity index (χ0v) is 71.2. The number of anilines is 3. The molecule has 13 rings (SSSR count). The molecule has 0 spiro atoms. The maximum atomic E-state index is 13.3. The van der Waals surface area contributed by atoms with Crippen LogP contribution in [0.3, 0.4) is 0 Å². The number of carbonyl (C=O) groups is 3. The molecule has 5 aromatic carbocycles. The van der Waals surface area contributed by atoms with Crippen molar-refractivity contribution < 1.29 is 120 Å². The SMILES string of the molecule is CCOC1CC(n2cc(C#CCNC(=O)COCCOC(COc3cccc(C(=O)NCCNC(=O)CCCCCN4/C(=C/C=C/C=C/C5N(CCCOc6ccc(O)cc6)c6ccccc6C5(C)CCCCS(=O)(=O)O)C(C)(C)c5c4ccc4ccc(S(=O)(=O)O)cc54)c3)N=[N+]=[N-])c3c(N)ncnc32)OC1CO[PH]1(O[PH]2(O[PH]3(O)OO3)OO2)OO1. The van der Waals surface area contributed by atoms with Crippen LogP contribution < -0.4 is 41.0 Å². The molecule has 6 unspecified atom stereocenters. The van der Waals surface area contributed by atoms with E-state index in [1.165, 1.54) is 24.5 Å². The van der Waals surface area contributed by atoms with E-state index >= 15 is 0 Å². The molecule has 6 aliphatic heterocycles. The number of phenols is 1. The standard InChI is InChI=1S/C78H97N12O26P3S2/c1-5-103-64-47-71(108-65(64)49-107-118(111-112-118)116-119(113-114-119)115-117(95)109-110-117)90-48-55(72-74(79)84-52-85-75(72)90)20-17-36-81-69(93)50-102-42-43-105-70(86-87-80)51-106-58-21-16-19-54(45-58)76(94)83-38-37-82-68(92)26-10-7-14-39-89-63-34-28-53-27-33-59(121(99,100)101)46-60(53)73(63)77(2,3)66(89)24-8-6-9-25-67-78(4,35-13-15-44-120(96,97)98)61-22-11-12-23-62(61)88(67)40-18-41-104-57-31-29-56(91)30-32-57/h6,8-9,11-12,16,19,21-25,27-34,45-46,48,52,64-65,67,70-71,91,95,117-119H,5,7,10,13-15,18,26,35-44,47,49-51H2,1-4H3,(H,81,93)(H,82,92)(H,83,94)(H2,79,84,85)(H,96,97,98)(H,99,100,101)/b8-6+,25-9+,66-24+. The number of aromatic nitrogens is 3. The summed E-state index contributed by atoms with van der Waals surface area (Å²) in [5.41, 5.74) is 20.5. The zero-order chi connectivity index (χ0) is 85.6. The molecule has 0 radical (unpaired) electrons. The number of benzene rings is 5. The van der Waals surface area contributed by atoms with E-state index in [0.717, 1.165) is 33.6 Å². The van der Waals surface area contributed by atoms with Gasteiger partial charge in [-0.3, -0.25) is 23.5 Å². The molecule has 3 amide bonds. The third kappa shape index (κ3) is 23.2. The Morgan fingerprint density at radius 1 is 0.810 bits per heavy atom. The van der Waals surface area contributed by atoms with Crippen LogP contribution in [0.5, 0.6) is 17.2 Å². The number of unbranched alkanes of at least 4 members (excludes halogenated alkanes) is 3. The quantitative estimate of drug-likeness (QED) is 0.00168. The van der Waals surface area contributed by atoms with Gasteiger partial charge in [0, 0.05) is 71.0 Å². The van der Waals surface area contributed by atoms with Gasteiger partial charge in [-0.25, -0.2) is 0 Å². The van der Waals surface area contributed by atoms with Gasteiger partial charge in [-0.2, -0.15) is 16.8 Å². The molecule has 652 valence electrons. The Kier molecular flexibility index (Phi) is 29.3. The van der Waals surface area contributed by atoms with Gasteiger partial charge >= 0.3 is 204 Å². The molecule has 7 aromatic rings. The fourth-order valence-electron chi connectivity index (χ4n) is 15.1. The molecule has 8 heterocycles. The van der Waals surface area contributed by atoms with Crippen molar-refractivity contribution in [1.29, 1.82) is 0 Å². The molecule has 121 heavy (non-hydrogen) atoms. The first kappa shape index (κ1) is 89.6. The Labute approximate surface area is 699 Å². The molecular weight excluding hydrogens is 1680 g/mol. The van der Waals surface area contributed by atoms with E-state index in [1.54, 1.807) is 59.3 Å². The molecule has 0 saturated carbocycles. The summed E-state index contributed by atoms with van der Waals surface area (Å²) in [7, 11) is -20.1. The number of amides is 3. The van der Waals surface area contributed by atoms with E-state index in [1.807, 2.05) is 49.4 Å². The number of ether oxygens (including phenoxy) is 6. The van der Waals surface area contributed by atoms with Crippen molar-refractivity contribution in [1.82, 2.24) is 30.5 Å². The fraction of sp³-hybridized carbons (Fsp3) is 0.423. The van der Waals surface area contributed by atoms with Crippen LogP contribution in [0.4, 0.5) is 17.2 Å². The minimum absolute atomic E-state index is 0.0639. The average Bonchev–Trinajstić information content (AvgIpc) is 1.57. The Balaban J connectivity index is 0.540. The van der Waals surface area contributed by atoms with E-state index < -0.39 is 92.1 Å². The summed E-state index contributed by atoms with van der Waals surface area (Å²) in [5.74, 6) is 5.72. The fourth-order valence-corrected chi connectivity index (χ4v) is 21.8. The molecule has 2 aromatic heterocycles. The number of nitrogens with two attached hydrogens (primary N) is 1. The molecule has 9 N–H and O–H groups in total. The van der Waals surface area contributed by atoms with Gasteiger partial charge in [0.25, 0.3) is 26.1 Å². The third-order valence-corrected chi connectivity index (χ3v) is 28.4. The van der Waals surface area contributed by atoms with Gasteiger partial charge in [0.2, 0.25) is 11.8 Å². The molecule has 6 atom stereocenters. The summed E-state index contributed by atoms with van der Waals surface area (Å²) >= 11 is 0. The van der Waals surface area contributed by atoms with Gasteiger partial charge in [0.05, 0.1) is 36.5 Å². The number of nitrogens with zero attached hydrogens (tertiary/aromatic N) is 8. The first-order valence-electron chi connectivity index (χ1n) is 39.2. The third-order valence-electron chi connectivity index (χ3n) is 20.9. The molecule has 38 nitrogen and oxygen atoms in total. The summed E-state index contributed by atoms with van der Waals surface area (Å²) in [6.45, 7) is 9.49. The van der Waals surface area contributed by atoms with Crippen LogP contribution in [0.15, 0.2) is 162 Å². The second-order valence-electron chi connectivity index (χ2n) is 29.6. The molecule has 4 saturated heterocycles. The Hall–Kier alpha value is -9.17. The van der Waals surface area contributed by atoms with Crippen molar-refractivity contribution >= 4 is 101 Å². The Bertz CT molecular complexity index is 5360. The number of azide groups is 1. The van der Waals surface area contributed by atoms with Crippen LogP contribution in [-0.2, 0) is 101 Å². The first-order chi connectivity index (χ1) is 58.1. The van der Waals surface area contributed by atoms with Crippen LogP contribution in [0, 0.1) is 11.8 Å². The van der Waals surface area contributed by atoms with Crippen molar-refractivity contribution in [2.45, 2.75) is 132 Å². The second kappa shape index (κ2) is 39.6. The van der Waals surface area contributed by atoms with Crippen LogP contribution >= 0.6 is 24.5 Å². The second-order valence-corrected chi connectivity index (χ2v) is 38.6. The minimum atomic E-state index is -4.54. The van der Waals surface area contributed by atoms with Crippen molar-refractivity contribution in [3.05, 3.63) is 184 Å². The maximum absolute atomic E-state index is 13.3. The first-order valence-corrected chi connectivity index (χ1v) is 47.2. The zero-order valence-electron chi connectivity index (χ0n) is 66.5. The van der Waals surface area contributed by atoms with E-state index in [4.69, 9.17) is 66.0 Å². The molecular formula is C78H97N12O26P3S2. The molecule has 0 aliphatic carbocycles. The molecule has 4 fully saturated rings. The number of hydrogen-bond donors (Lipinski definition) is 8. The Morgan fingerprint density at radius 2 is 1.60 bits per heavy atom. The Morgan fingerprint density at radius 3 is 2.36 bits per heavy atom. The van der Waals surface area contributed by atoms with Crippen LogP contribution in [-0.4, -0.2) is 177 Å². The summed E-state index contributed by atoms with van der Waals surface area (Å²) in [4.78, 5) is 65.0. The van der Waals surface area contributed by atoms with Crippen LogP contribution in [0.25, 0.3) is 32.2 Å². The van der Waals surface area contributed by atoms with E-state index in [0.29, 0.717) is 105 Å². The van der Waals surface area contributed by atoms with Gasteiger partial charge in [-0.15, -0.1) is 0 Å². The molecule has 0 bridgehead atoms. The topological polar surface area (TPSA) is 507 Å². The number of para-hydroxylation sites is 1. The van der Waals surface area contributed by atoms with E-state index in [-0.39, 0.29) is 105 Å². The number of nitrogens with one attached hydrogen (secondary N) is 3. The van der Waals surface area contributed by atoms with Gasteiger partial charge in [-0.1, -0.05) is 99.4 Å². The van der Waals surface area contributed by atoms with Crippen LogP contribution in [0.2, 0.25) is 0 Å². The van der Waals surface area contributed by atoms with Crippen molar-refractivity contribution in [3.8, 4) is 29.1 Å². The van der Waals surface area contributed by atoms with E-state index in [2.05, 4.69) is 112 Å². The van der Waals surface area contributed by atoms with Gasteiger partial charge in [0.1, 0.15) is 30.5 Å². The number of nitrogen functional groups attached to an aromatic ring is 1. The number of phenolic OH excluding ortho intramolecular Hbond substituents is 1. The number of aromatic hydroxyl groups is 1. The average molecular weight is 1780 g/mol. The van der Waals surface area contributed by atoms with Crippen molar-refractivity contribution in [2.75, 3.05) is 100 Å². The number of fused-ring (bicyclic) bond motifs is 5. The number of allylic oxidation sites excluding steroid dienone is 5. The predicted molar refractivity (Wildman–Crippen MR) is 447 cm³/mol. The number of rotatable bonds is 45. The monoisotopic (exact) mass is 1770 g/mol. The summed E-state index contributed by atoms with van der Waals surface area (Å²) in [5, 5.41) is 23.7. The van der Waals surface area contributed by atoms with E-state index in [9.17, 15) is 55.9 Å². The van der Waals surface area contributed by atoms with Crippen molar-refractivity contribution in [2.24, 2.45) is 5.11 Å². The summed E-state index contributed by atoms with van der Waals surface area (Å²) in [6, 6.07) is 29.5. The normalized spacial score (nSPS) is 21.5. The molecule has 6 aliphatic rings. The van der Waals surface area contributed by atoms with Crippen molar-refractivity contribution in [3.63, 3.8) is 0 Å². The predicted octanol–water partition coefficient (Wildman–Crippen LogP) is 11.1. The number of carbonyl (C=O) groups excluding carboxylic acids is 3. The van der Waals surface area contributed by atoms with Gasteiger partial charge < -0.3 is 44.5 Å². The summed E-state index contributed by atoms with van der Waals surface area (Å²) < 4.78 is 151. The summed E-state index contributed by atoms with van der Waals surface area (Å²) in [6.07, 6.45) is 15.0. The molecule has 43 heteroatoms. The number of hydrogen-bond acceptors (Lipinski definition) is 30. The van der Waals surface area contributed by atoms with Gasteiger partial charge in [-0.05, 0) is 132 Å². The van der Waals surface area contributed by atoms with Crippen LogP contribution in [0.1, 0.15) is 119 Å². The van der Waals surface area contributed by atoms with Gasteiger partial charge in [0.15, 0.2) is 6.23 Å².